The lowest BCUT2D eigenvalue weighted by Crippen LogP contribution is -2.36. The Morgan fingerprint density at radius 1 is 0.733 bits per heavy atom. The van der Waals surface area contributed by atoms with E-state index in [0.717, 1.165) is 29.5 Å². The molecule has 0 saturated heterocycles. The topological polar surface area (TPSA) is 9.23 Å². The highest BCUT2D eigenvalue weighted by Crippen LogP contribution is 2.42. The lowest BCUT2D eigenvalue weighted by atomic mass is 9.79. The molecule has 0 N–H and O–H groups in total. The summed E-state index contributed by atoms with van der Waals surface area (Å²) in [7, 11) is 0. The first-order chi connectivity index (χ1) is 14.8. The fraction of sp³-hybridized carbons (Fsp3) is 0.286. The van der Waals surface area contributed by atoms with Crippen LogP contribution in [0, 0.1) is 0 Å². The van der Waals surface area contributed by atoms with E-state index in [2.05, 4.69) is 120 Å². The maximum atomic E-state index is 7.10. The predicted octanol–water partition coefficient (Wildman–Crippen LogP) is 8.24. The Hall–Kier alpha value is -2.16. The monoisotopic (exact) mass is 462 g/mol. The van der Waals surface area contributed by atoms with E-state index in [-0.39, 0.29) is 6.10 Å². The van der Waals surface area contributed by atoms with Crippen LogP contribution in [-0.2, 0) is 10.3 Å². The number of halogens is 1. The normalized spacial score (nSPS) is 12.9. The van der Waals surface area contributed by atoms with Crippen LogP contribution in [0.3, 0.4) is 0 Å². The molecule has 3 aromatic rings. The smallest absolute Gasteiger partial charge is 0.144 e. The highest BCUT2D eigenvalue weighted by atomic mass is 79.9. The minimum atomic E-state index is -0.675. The Kier molecular flexibility index (Phi) is 8.92. The molecule has 0 aliphatic carbocycles. The van der Waals surface area contributed by atoms with Gasteiger partial charge in [0, 0.05) is 0 Å². The molecule has 0 heterocycles. The van der Waals surface area contributed by atoms with Crippen LogP contribution in [-0.4, -0.2) is 6.10 Å². The summed E-state index contributed by atoms with van der Waals surface area (Å²) >= 11 is 3.49. The molecule has 1 atom stereocenters. The van der Waals surface area contributed by atoms with Crippen molar-refractivity contribution in [1.82, 2.24) is 0 Å². The molecule has 156 valence electrons. The van der Waals surface area contributed by atoms with Gasteiger partial charge in [0.15, 0.2) is 0 Å². The van der Waals surface area contributed by atoms with Crippen molar-refractivity contribution in [2.75, 3.05) is 0 Å². The molecule has 0 aliphatic heterocycles. The summed E-state index contributed by atoms with van der Waals surface area (Å²) in [5, 5.41) is 0. The number of ether oxygens (including phenoxy) is 1. The maximum Gasteiger partial charge on any atom is 0.144 e. The average Bonchev–Trinajstić information content (AvgIpc) is 2.82. The van der Waals surface area contributed by atoms with Gasteiger partial charge < -0.3 is 4.74 Å². The molecular weight excluding hydrogens is 432 g/mol. The molecule has 0 aliphatic rings. The van der Waals surface area contributed by atoms with Crippen LogP contribution in [0.5, 0.6) is 0 Å². The van der Waals surface area contributed by atoms with E-state index in [0.29, 0.717) is 0 Å². The number of unbranched alkanes of at least 4 members (excludes halogenated alkanes) is 3. The molecule has 1 unspecified atom stereocenters. The third kappa shape index (κ3) is 5.50. The quantitative estimate of drug-likeness (QED) is 0.206. The average molecular weight is 463 g/mol. The third-order valence-corrected chi connectivity index (χ3v) is 5.80. The van der Waals surface area contributed by atoms with Crippen LogP contribution in [0.15, 0.2) is 102 Å². The van der Waals surface area contributed by atoms with Gasteiger partial charge in [0.25, 0.3) is 0 Å². The molecule has 1 nitrogen and oxygen atoms in total. The fourth-order valence-corrected chi connectivity index (χ4v) is 4.34. The van der Waals surface area contributed by atoms with Crippen LogP contribution in [0.4, 0.5) is 0 Å². The minimum Gasteiger partial charge on any atom is -0.354 e. The number of hydrogen-bond donors (Lipinski definition) is 0. The van der Waals surface area contributed by atoms with Gasteiger partial charge in [-0.1, -0.05) is 140 Å². The van der Waals surface area contributed by atoms with Gasteiger partial charge in [0.2, 0.25) is 0 Å². The second-order valence-corrected chi connectivity index (χ2v) is 8.13. The molecule has 3 rings (SSSR count). The Morgan fingerprint density at radius 3 is 1.60 bits per heavy atom. The molecule has 0 bridgehead atoms. The molecule has 0 fully saturated rings. The first-order valence-corrected chi connectivity index (χ1v) is 11.8. The second-order valence-electron chi connectivity index (χ2n) is 7.60. The minimum absolute atomic E-state index is 0.00171. The van der Waals surface area contributed by atoms with Crippen LogP contribution >= 0.6 is 15.9 Å². The van der Waals surface area contributed by atoms with Crippen LogP contribution < -0.4 is 0 Å². The molecule has 0 amide bonds. The van der Waals surface area contributed by atoms with E-state index in [1.54, 1.807) is 0 Å². The van der Waals surface area contributed by atoms with Crippen molar-refractivity contribution in [3.63, 3.8) is 0 Å². The molecule has 2 heteroatoms. The summed E-state index contributed by atoms with van der Waals surface area (Å²) in [5.74, 6) is 0. The SMILES string of the molecule is CCCCCCC(/C=C/Br)OC(c1ccccc1)(c1ccccc1)c1ccccc1. The third-order valence-electron chi connectivity index (χ3n) is 5.50. The molecule has 0 saturated carbocycles. The summed E-state index contributed by atoms with van der Waals surface area (Å²) in [6.45, 7) is 2.25. The largest absolute Gasteiger partial charge is 0.354 e. The Labute approximate surface area is 189 Å². The first-order valence-electron chi connectivity index (χ1n) is 10.9. The van der Waals surface area contributed by atoms with Crippen LogP contribution in [0.2, 0.25) is 0 Å². The second kappa shape index (κ2) is 11.9. The van der Waals surface area contributed by atoms with Gasteiger partial charge in [-0.25, -0.2) is 0 Å². The van der Waals surface area contributed by atoms with Gasteiger partial charge in [-0.2, -0.15) is 0 Å². The molecule has 0 spiro atoms. The number of hydrogen-bond acceptors (Lipinski definition) is 1. The molecular formula is C28H31BrO. The van der Waals surface area contributed by atoms with Crippen molar-refractivity contribution >= 4 is 15.9 Å². The van der Waals surface area contributed by atoms with E-state index < -0.39 is 5.60 Å². The van der Waals surface area contributed by atoms with E-state index in [1.165, 1.54) is 19.3 Å². The zero-order valence-electron chi connectivity index (χ0n) is 17.7. The van der Waals surface area contributed by atoms with Gasteiger partial charge in [-0.3, -0.25) is 0 Å². The van der Waals surface area contributed by atoms with Crippen molar-refractivity contribution in [3.05, 3.63) is 119 Å². The van der Waals surface area contributed by atoms with E-state index in [4.69, 9.17) is 4.74 Å². The summed E-state index contributed by atoms with van der Waals surface area (Å²) in [4.78, 5) is 1.93. The Morgan fingerprint density at radius 2 is 1.20 bits per heavy atom. The van der Waals surface area contributed by atoms with Gasteiger partial charge in [0.1, 0.15) is 5.60 Å². The summed E-state index contributed by atoms with van der Waals surface area (Å²) in [6, 6.07) is 31.8. The van der Waals surface area contributed by atoms with E-state index >= 15 is 0 Å². The lowest BCUT2D eigenvalue weighted by molar-refractivity contribution is -0.0285. The van der Waals surface area contributed by atoms with Crippen molar-refractivity contribution in [2.24, 2.45) is 0 Å². The van der Waals surface area contributed by atoms with E-state index in [1.807, 2.05) is 4.99 Å². The lowest BCUT2D eigenvalue weighted by Gasteiger charge is -2.38. The van der Waals surface area contributed by atoms with Crippen molar-refractivity contribution < 1.29 is 4.74 Å². The maximum absolute atomic E-state index is 7.10. The fourth-order valence-electron chi connectivity index (χ4n) is 4.00. The van der Waals surface area contributed by atoms with Crippen LogP contribution in [0.1, 0.15) is 55.7 Å². The number of rotatable bonds is 11. The standard InChI is InChI=1S/C28H31BrO/c1-2-3-4-14-21-27(22-23-29)30-28(24-15-8-5-9-16-24,25-17-10-6-11-18-25)26-19-12-7-13-20-26/h5-13,15-20,22-23,27H,2-4,14,21H2,1H3/b23-22+. The molecule has 3 aromatic carbocycles. The summed E-state index contributed by atoms with van der Waals surface area (Å²) in [5.41, 5.74) is 2.75. The highest BCUT2D eigenvalue weighted by Gasteiger charge is 2.39. The number of benzene rings is 3. The van der Waals surface area contributed by atoms with Gasteiger partial charge >= 0.3 is 0 Å². The predicted molar refractivity (Wildman–Crippen MR) is 131 cm³/mol. The van der Waals surface area contributed by atoms with E-state index in [9.17, 15) is 0 Å². The summed E-state index contributed by atoms with van der Waals surface area (Å²) < 4.78 is 7.10. The summed E-state index contributed by atoms with van der Waals surface area (Å²) in [6.07, 6.45) is 8.03. The zero-order valence-corrected chi connectivity index (χ0v) is 19.3. The Balaban J connectivity index is 2.10. The van der Waals surface area contributed by atoms with Crippen LogP contribution in [0.25, 0.3) is 0 Å². The van der Waals surface area contributed by atoms with Gasteiger partial charge in [-0.05, 0) is 34.2 Å². The van der Waals surface area contributed by atoms with Gasteiger partial charge in [0.05, 0.1) is 6.10 Å². The zero-order chi connectivity index (χ0) is 21.1. The molecule has 0 aromatic heterocycles. The van der Waals surface area contributed by atoms with Crippen molar-refractivity contribution in [2.45, 2.75) is 50.7 Å². The molecule has 30 heavy (non-hydrogen) atoms. The van der Waals surface area contributed by atoms with Crippen molar-refractivity contribution in [1.29, 1.82) is 0 Å². The Bertz CT molecular complexity index is 778. The first kappa shape index (κ1) is 22.5. The van der Waals surface area contributed by atoms with Crippen molar-refractivity contribution in [3.8, 4) is 0 Å². The highest BCUT2D eigenvalue weighted by molar-refractivity contribution is 9.11. The van der Waals surface area contributed by atoms with Gasteiger partial charge in [-0.15, -0.1) is 0 Å². The molecule has 0 radical (unpaired) electrons.